The average Bonchev–Trinajstić information content (AvgIpc) is 1.95. The van der Waals surface area contributed by atoms with Crippen LogP contribution in [-0.4, -0.2) is 6.04 Å². The van der Waals surface area contributed by atoms with E-state index in [4.69, 9.17) is 5.73 Å². The van der Waals surface area contributed by atoms with Crippen molar-refractivity contribution < 1.29 is 0 Å². The highest BCUT2D eigenvalue weighted by Gasteiger charge is 2.41. The molecule has 1 rings (SSSR count). The van der Waals surface area contributed by atoms with Crippen LogP contribution in [0.5, 0.6) is 0 Å². The molecule has 0 saturated heterocycles. The van der Waals surface area contributed by atoms with Crippen LogP contribution in [0.2, 0.25) is 0 Å². The monoisotopic (exact) mass is 141 g/mol. The lowest BCUT2D eigenvalue weighted by Gasteiger charge is -2.24. The van der Waals surface area contributed by atoms with Crippen LogP contribution in [0.3, 0.4) is 0 Å². The van der Waals surface area contributed by atoms with Gasteiger partial charge in [0.25, 0.3) is 0 Å². The molecule has 0 radical (unpaired) electrons. The zero-order chi connectivity index (χ0) is 7.94. The summed E-state index contributed by atoms with van der Waals surface area (Å²) >= 11 is 0. The van der Waals surface area contributed by atoms with Crippen LogP contribution in [0.4, 0.5) is 0 Å². The maximum Gasteiger partial charge on any atom is 0.00956 e. The molecular formula is C9H19N. The first-order valence-electron chi connectivity index (χ1n) is 4.21. The van der Waals surface area contributed by atoms with Crippen LogP contribution in [-0.2, 0) is 0 Å². The molecule has 0 aromatic heterocycles. The summed E-state index contributed by atoms with van der Waals surface area (Å²) in [6.07, 6.45) is 1.29. The molecule has 0 bridgehead atoms. The van der Waals surface area contributed by atoms with Crippen molar-refractivity contribution in [3.63, 3.8) is 0 Å². The summed E-state index contributed by atoms with van der Waals surface area (Å²) in [5.74, 6) is 1.40. The van der Waals surface area contributed by atoms with Crippen LogP contribution in [0, 0.1) is 17.3 Å². The number of rotatable bonds is 0. The first-order chi connectivity index (χ1) is 4.45. The molecule has 0 aromatic carbocycles. The third kappa shape index (κ3) is 1.07. The molecule has 0 aromatic rings. The molecule has 1 nitrogen and oxygen atoms in total. The molecule has 0 heterocycles. The van der Waals surface area contributed by atoms with Crippen molar-refractivity contribution >= 4 is 0 Å². The summed E-state index contributed by atoms with van der Waals surface area (Å²) in [6.45, 7) is 9.17. The molecule has 3 atom stereocenters. The van der Waals surface area contributed by atoms with E-state index in [2.05, 4.69) is 27.7 Å². The summed E-state index contributed by atoms with van der Waals surface area (Å²) in [5, 5.41) is 0. The maximum atomic E-state index is 6.00. The molecule has 1 aliphatic rings. The van der Waals surface area contributed by atoms with Gasteiger partial charge in [0.1, 0.15) is 0 Å². The normalized spacial score (nSPS) is 45.9. The Labute approximate surface area is 64.0 Å². The lowest BCUT2D eigenvalue weighted by atomic mass is 9.82. The van der Waals surface area contributed by atoms with E-state index in [9.17, 15) is 0 Å². The molecule has 10 heavy (non-hydrogen) atoms. The largest absolute Gasteiger partial charge is 0.327 e. The molecule has 0 spiro atoms. The number of nitrogens with two attached hydrogens (primary N) is 1. The summed E-state index contributed by atoms with van der Waals surface area (Å²) in [7, 11) is 0. The first-order valence-corrected chi connectivity index (χ1v) is 4.21. The van der Waals surface area contributed by atoms with Gasteiger partial charge in [-0.15, -0.1) is 0 Å². The second-order valence-electron chi connectivity index (χ2n) is 4.54. The molecular weight excluding hydrogens is 122 g/mol. The molecule has 2 N–H and O–H groups in total. The second kappa shape index (κ2) is 2.23. The molecule has 0 aliphatic heterocycles. The zero-order valence-corrected chi connectivity index (χ0v) is 7.52. The lowest BCUT2D eigenvalue weighted by molar-refractivity contribution is 0.267. The van der Waals surface area contributed by atoms with Crippen molar-refractivity contribution in [1.29, 1.82) is 0 Å². The Morgan fingerprint density at radius 1 is 1.30 bits per heavy atom. The third-order valence-electron chi connectivity index (χ3n) is 3.32. The van der Waals surface area contributed by atoms with Gasteiger partial charge in [0.05, 0.1) is 0 Å². The van der Waals surface area contributed by atoms with Crippen molar-refractivity contribution in [3.8, 4) is 0 Å². The van der Waals surface area contributed by atoms with Gasteiger partial charge in [-0.1, -0.05) is 27.7 Å². The highest BCUT2D eigenvalue weighted by Crippen LogP contribution is 2.44. The molecule has 1 fully saturated rings. The van der Waals surface area contributed by atoms with Crippen molar-refractivity contribution in [1.82, 2.24) is 0 Å². The predicted octanol–water partition coefficient (Wildman–Crippen LogP) is 2.02. The van der Waals surface area contributed by atoms with Crippen LogP contribution in [0.15, 0.2) is 0 Å². The average molecular weight is 141 g/mol. The van der Waals surface area contributed by atoms with E-state index in [1.54, 1.807) is 0 Å². The minimum Gasteiger partial charge on any atom is -0.327 e. The number of hydrogen-bond donors (Lipinski definition) is 1. The summed E-state index contributed by atoms with van der Waals surface area (Å²) in [4.78, 5) is 0. The van der Waals surface area contributed by atoms with Gasteiger partial charge in [-0.2, -0.15) is 0 Å². The van der Waals surface area contributed by atoms with Gasteiger partial charge in [-0.3, -0.25) is 0 Å². The highest BCUT2D eigenvalue weighted by molar-refractivity contribution is 4.94. The summed E-state index contributed by atoms with van der Waals surface area (Å²) < 4.78 is 0. The highest BCUT2D eigenvalue weighted by atomic mass is 14.7. The molecule has 60 valence electrons. The second-order valence-corrected chi connectivity index (χ2v) is 4.54. The van der Waals surface area contributed by atoms with E-state index in [1.807, 2.05) is 0 Å². The van der Waals surface area contributed by atoms with Gasteiger partial charge < -0.3 is 5.73 Å². The minimum absolute atomic E-state index is 0.426. The van der Waals surface area contributed by atoms with Crippen molar-refractivity contribution in [2.45, 2.75) is 40.2 Å². The van der Waals surface area contributed by atoms with E-state index in [-0.39, 0.29) is 0 Å². The third-order valence-corrected chi connectivity index (χ3v) is 3.32. The van der Waals surface area contributed by atoms with Gasteiger partial charge >= 0.3 is 0 Å². The standard InChI is InChI=1S/C9H19N/c1-6-5-9(3,4)7(2)8(6)10/h6-8H,5,10H2,1-4H3. The van der Waals surface area contributed by atoms with E-state index in [0.717, 1.165) is 0 Å². The molecule has 1 aliphatic carbocycles. The van der Waals surface area contributed by atoms with Gasteiger partial charge in [0.15, 0.2) is 0 Å². The van der Waals surface area contributed by atoms with E-state index < -0.39 is 0 Å². The predicted molar refractivity (Wildman–Crippen MR) is 44.7 cm³/mol. The Morgan fingerprint density at radius 3 is 1.90 bits per heavy atom. The van der Waals surface area contributed by atoms with Crippen LogP contribution < -0.4 is 5.73 Å². The maximum absolute atomic E-state index is 6.00. The zero-order valence-electron chi connectivity index (χ0n) is 7.52. The molecule has 1 heteroatoms. The van der Waals surface area contributed by atoms with E-state index >= 15 is 0 Å². The lowest BCUT2D eigenvalue weighted by Crippen LogP contribution is -2.31. The quantitative estimate of drug-likeness (QED) is 0.548. The number of hydrogen-bond acceptors (Lipinski definition) is 1. The van der Waals surface area contributed by atoms with Crippen molar-refractivity contribution in [3.05, 3.63) is 0 Å². The van der Waals surface area contributed by atoms with Gasteiger partial charge in [0, 0.05) is 6.04 Å². The summed E-state index contributed by atoms with van der Waals surface area (Å²) in [6, 6.07) is 0.426. The Morgan fingerprint density at radius 2 is 1.80 bits per heavy atom. The van der Waals surface area contributed by atoms with Gasteiger partial charge in [-0.25, -0.2) is 0 Å². The topological polar surface area (TPSA) is 26.0 Å². The van der Waals surface area contributed by atoms with Gasteiger partial charge in [0.2, 0.25) is 0 Å². The smallest absolute Gasteiger partial charge is 0.00956 e. The van der Waals surface area contributed by atoms with Crippen molar-refractivity contribution in [2.24, 2.45) is 23.0 Å². The minimum atomic E-state index is 0.426. The Balaban J connectivity index is 2.71. The van der Waals surface area contributed by atoms with Crippen LogP contribution in [0.1, 0.15) is 34.1 Å². The fraction of sp³-hybridized carbons (Fsp3) is 1.00. The Bertz CT molecular complexity index is 129. The van der Waals surface area contributed by atoms with Crippen LogP contribution >= 0.6 is 0 Å². The van der Waals surface area contributed by atoms with Gasteiger partial charge in [-0.05, 0) is 23.7 Å². The Hall–Kier alpha value is -0.0400. The Kier molecular flexibility index (Phi) is 1.80. The van der Waals surface area contributed by atoms with E-state index in [1.165, 1.54) is 6.42 Å². The molecule has 1 saturated carbocycles. The molecule has 0 amide bonds. The first kappa shape index (κ1) is 8.06. The fourth-order valence-electron chi connectivity index (χ4n) is 2.17. The fourth-order valence-corrected chi connectivity index (χ4v) is 2.17. The van der Waals surface area contributed by atoms with E-state index in [0.29, 0.717) is 23.3 Å². The SMILES string of the molecule is CC1CC(C)(C)C(C)C1N. The molecule has 3 unspecified atom stereocenters. The summed E-state index contributed by atoms with van der Waals surface area (Å²) in [5.41, 5.74) is 6.47. The van der Waals surface area contributed by atoms with Crippen molar-refractivity contribution in [2.75, 3.05) is 0 Å². The van der Waals surface area contributed by atoms with Crippen LogP contribution in [0.25, 0.3) is 0 Å².